The van der Waals surface area contributed by atoms with Crippen molar-refractivity contribution in [3.05, 3.63) is 59.8 Å². The van der Waals surface area contributed by atoms with Crippen LogP contribution in [0.3, 0.4) is 0 Å². The monoisotopic (exact) mass is 424 g/mol. The van der Waals surface area contributed by atoms with Crippen LogP contribution in [-0.2, 0) is 16.0 Å². The first-order valence-corrected chi connectivity index (χ1v) is 11.0. The van der Waals surface area contributed by atoms with Gasteiger partial charge in [0.2, 0.25) is 0 Å². The molecule has 0 saturated carbocycles. The lowest BCUT2D eigenvalue weighted by Crippen LogP contribution is -2.46. The van der Waals surface area contributed by atoms with Gasteiger partial charge in [-0.05, 0) is 36.2 Å². The van der Waals surface area contributed by atoms with E-state index in [1.165, 1.54) is 17.6 Å². The quantitative estimate of drug-likeness (QED) is 0.437. The minimum atomic E-state index is -0.355. The highest BCUT2D eigenvalue weighted by Crippen LogP contribution is 2.42. The summed E-state index contributed by atoms with van der Waals surface area (Å²) >= 11 is 1.85. The Morgan fingerprint density at radius 1 is 1.17 bits per heavy atom. The Labute approximate surface area is 181 Å². The van der Waals surface area contributed by atoms with Crippen LogP contribution in [0.4, 0.5) is 0 Å². The van der Waals surface area contributed by atoms with Crippen LogP contribution >= 0.6 is 11.8 Å². The van der Waals surface area contributed by atoms with Crippen molar-refractivity contribution in [2.24, 2.45) is 0 Å². The van der Waals surface area contributed by atoms with Gasteiger partial charge in [0.25, 0.3) is 0 Å². The number of methoxy groups -OCH3 is 2. The van der Waals surface area contributed by atoms with Gasteiger partial charge >= 0.3 is 5.97 Å². The topological polar surface area (TPSA) is 63.4 Å². The molecule has 0 radical (unpaired) electrons. The van der Waals surface area contributed by atoms with E-state index in [1.54, 1.807) is 7.11 Å². The second kappa shape index (κ2) is 8.36. The van der Waals surface area contributed by atoms with Gasteiger partial charge in [-0.2, -0.15) is 0 Å². The van der Waals surface area contributed by atoms with Crippen molar-refractivity contribution < 1.29 is 14.3 Å². The SMILES string of the molecule is COC(=O)[C@@H]1Cc2c([nH]c3cc(OC)ccc23)[C@@H](CC(C)(C)Sc2ccccc2)N1. The molecule has 2 aromatic carbocycles. The lowest BCUT2D eigenvalue weighted by Gasteiger charge is -2.35. The number of aromatic nitrogens is 1. The molecule has 0 unspecified atom stereocenters. The standard InChI is InChI=1S/C24H28N2O3S/c1-24(2,30-16-8-6-5-7-9-16)14-21-22-18(13-20(25-21)23(27)29-4)17-11-10-15(28-3)12-19(17)26-22/h5-12,20-21,25-26H,13-14H2,1-4H3/t20-,21+/m0/s1. The molecule has 6 heteroatoms. The van der Waals surface area contributed by atoms with Crippen molar-refractivity contribution in [1.82, 2.24) is 10.3 Å². The number of esters is 1. The summed E-state index contributed by atoms with van der Waals surface area (Å²) in [5, 5.41) is 4.68. The van der Waals surface area contributed by atoms with Crippen molar-refractivity contribution in [2.45, 2.75) is 48.4 Å². The Kier molecular flexibility index (Phi) is 5.80. The molecule has 2 atom stereocenters. The zero-order valence-electron chi connectivity index (χ0n) is 17.8. The van der Waals surface area contributed by atoms with E-state index in [0.29, 0.717) is 6.42 Å². The van der Waals surface area contributed by atoms with E-state index in [9.17, 15) is 4.79 Å². The van der Waals surface area contributed by atoms with Crippen molar-refractivity contribution in [2.75, 3.05) is 14.2 Å². The molecular formula is C24H28N2O3S. The van der Waals surface area contributed by atoms with E-state index < -0.39 is 0 Å². The van der Waals surface area contributed by atoms with Crippen LogP contribution in [-0.4, -0.2) is 36.0 Å². The largest absolute Gasteiger partial charge is 0.497 e. The van der Waals surface area contributed by atoms with Crippen LogP contribution in [0.25, 0.3) is 10.9 Å². The van der Waals surface area contributed by atoms with Gasteiger partial charge in [0.15, 0.2) is 0 Å². The Bertz CT molecular complexity index is 1050. The summed E-state index contributed by atoms with van der Waals surface area (Å²) < 4.78 is 10.4. The molecule has 0 amide bonds. The number of fused-ring (bicyclic) bond motifs is 3. The van der Waals surface area contributed by atoms with E-state index in [0.717, 1.165) is 28.8 Å². The van der Waals surface area contributed by atoms with Gasteiger partial charge in [0.05, 0.1) is 14.2 Å². The number of benzene rings is 2. The smallest absolute Gasteiger partial charge is 0.323 e. The molecule has 1 aliphatic heterocycles. The molecule has 0 saturated heterocycles. The number of carbonyl (C=O) groups is 1. The third-order valence-corrected chi connectivity index (χ3v) is 6.85. The van der Waals surface area contributed by atoms with Gasteiger partial charge in [0, 0.05) is 44.8 Å². The lowest BCUT2D eigenvalue weighted by atomic mass is 9.89. The van der Waals surface area contributed by atoms with E-state index in [4.69, 9.17) is 9.47 Å². The van der Waals surface area contributed by atoms with Crippen molar-refractivity contribution in [3.63, 3.8) is 0 Å². The van der Waals surface area contributed by atoms with Crippen LogP contribution in [0, 0.1) is 0 Å². The van der Waals surface area contributed by atoms with Crippen LogP contribution in [0.5, 0.6) is 5.75 Å². The van der Waals surface area contributed by atoms with E-state index in [2.05, 4.69) is 54.5 Å². The summed E-state index contributed by atoms with van der Waals surface area (Å²) in [4.78, 5) is 17.3. The first-order valence-electron chi connectivity index (χ1n) is 10.2. The number of hydrogen-bond acceptors (Lipinski definition) is 5. The highest BCUT2D eigenvalue weighted by atomic mass is 32.2. The number of nitrogens with one attached hydrogen (secondary N) is 2. The van der Waals surface area contributed by atoms with Crippen molar-refractivity contribution in [3.8, 4) is 5.75 Å². The fraction of sp³-hybridized carbons (Fsp3) is 0.375. The predicted molar refractivity (Wildman–Crippen MR) is 121 cm³/mol. The summed E-state index contributed by atoms with van der Waals surface area (Å²) in [6, 6.07) is 16.2. The maximum absolute atomic E-state index is 12.4. The summed E-state index contributed by atoms with van der Waals surface area (Å²) in [6.07, 6.45) is 1.47. The summed E-state index contributed by atoms with van der Waals surface area (Å²) in [7, 11) is 3.12. The van der Waals surface area contributed by atoms with E-state index in [1.807, 2.05) is 30.0 Å². The zero-order valence-corrected chi connectivity index (χ0v) is 18.6. The Hall–Kier alpha value is -2.44. The second-order valence-corrected chi connectivity index (χ2v) is 10.1. The van der Waals surface area contributed by atoms with Crippen molar-refractivity contribution >= 4 is 28.6 Å². The van der Waals surface area contributed by atoms with E-state index >= 15 is 0 Å². The number of ether oxygens (including phenoxy) is 2. The fourth-order valence-electron chi connectivity index (χ4n) is 4.28. The molecule has 4 rings (SSSR count). The number of rotatable bonds is 6. The molecule has 158 valence electrons. The first-order chi connectivity index (χ1) is 14.4. The number of carbonyl (C=O) groups excluding carboxylic acids is 1. The molecule has 2 N–H and O–H groups in total. The number of H-pyrrole nitrogens is 1. The Morgan fingerprint density at radius 3 is 2.63 bits per heavy atom. The fourth-order valence-corrected chi connectivity index (χ4v) is 5.47. The van der Waals surface area contributed by atoms with Crippen molar-refractivity contribution in [1.29, 1.82) is 0 Å². The lowest BCUT2D eigenvalue weighted by molar-refractivity contribution is -0.143. The Morgan fingerprint density at radius 2 is 1.93 bits per heavy atom. The average Bonchev–Trinajstić information content (AvgIpc) is 3.11. The zero-order chi connectivity index (χ0) is 21.3. The first kappa shape index (κ1) is 20.8. The highest BCUT2D eigenvalue weighted by Gasteiger charge is 2.36. The van der Waals surface area contributed by atoms with Crippen LogP contribution in [0.1, 0.15) is 37.6 Å². The molecule has 1 aromatic heterocycles. The number of thioether (sulfide) groups is 1. The molecule has 0 fully saturated rings. The molecule has 5 nitrogen and oxygen atoms in total. The molecular weight excluding hydrogens is 396 g/mol. The molecule has 3 aromatic rings. The number of aromatic amines is 1. The van der Waals surface area contributed by atoms with Gasteiger partial charge in [-0.3, -0.25) is 10.1 Å². The summed E-state index contributed by atoms with van der Waals surface area (Å²) in [6.45, 7) is 4.50. The number of hydrogen-bond donors (Lipinski definition) is 2. The van der Waals surface area contributed by atoms with Gasteiger partial charge < -0.3 is 14.5 Å². The Balaban J connectivity index is 1.69. The van der Waals surface area contributed by atoms with Gasteiger partial charge in [-0.15, -0.1) is 11.8 Å². The summed E-state index contributed by atoms with van der Waals surface area (Å²) in [5.41, 5.74) is 3.37. The maximum atomic E-state index is 12.4. The van der Waals surface area contributed by atoms with E-state index in [-0.39, 0.29) is 22.8 Å². The minimum Gasteiger partial charge on any atom is -0.497 e. The molecule has 0 aliphatic carbocycles. The molecule has 30 heavy (non-hydrogen) atoms. The predicted octanol–water partition coefficient (Wildman–Crippen LogP) is 4.87. The van der Waals surface area contributed by atoms with Crippen LogP contribution in [0.15, 0.2) is 53.4 Å². The third-order valence-electron chi connectivity index (χ3n) is 5.62. The van der Waals surface area contributed by atoms with Gasteiger partial charge in [0.1, 0.15) is 11.8 Å². The molecule has 0 spiro atoms. The average molecular weight is 425 g/mol. The minimum absolute atomic E-state index is 0.0162. The van der Waals surface area contributed by atoms with Crippen LogP contribution in [0.2, 0.25) is 0 Å². The molecule has 0 bridgehead atoms. The molecule has 2 heterocycles. The second-order valence-electron chi connectivity index (χ2n) is 8.31. The van der Waals surface area contributed by atoms with Gasteiger partial charge in [-0.25, -0.2) is 0 Å². The highest BCUT2D eigenvalue weighted by molar-refractivity contribution is 8.00. The summed E-state index contributed by atoms with van der Waals surface area (Å²) in [5.74, 6) is 0.595. The van der Waals surface area contributed by atoms with Crippen LogP contribution < -0.4 is 10.1 Å². The third kappa shape index (κ3) is 4.20. The normalized spacial score (nSPS) is 18.8. The maximum Gasteiger partial charge on any atom is 0.323 e. The van der Waals surface area contributed by atoms with Gasteiger partial charge in [-0.1, -0.05) is 32.0 Å². The molecule has 1 aliphatic rings.